The summed E-state index contributed by atoms with van der Waals surface area (Å²) in [6.45, 7) is 0.613. The molecule has 6 aromatic carbocycles. The minimum atomic E-state index is -4.41. The first kappa shape index (κ1) is 81.2. The second-order valence-corrected chi connectivity index (χ2v) is 23.7. The molecule has 12 rings (SSSR count). The number of nitrogens with two attached hydrogens (primary N) is 1. The predicted octanol–water partition coefficient (Wildman–Crippen LogP) is 9.78. The van der Waals surface area contributed by atoms with Gasteiger partial charge in [0.1, 0.15) is 11.3 Å². The SMILES string of the molecule is COc1cc2nc(=S)n(CCCC(=O)c3cc4cc(-c5cccnc5)ccc4[nH]3)c(N)c2cc1OC.COc1cc2nc(SCc3ccc(C(F)(F)F)cc3)n(CCCC(=O)c3cc4cc(-c5cccnc5)ccc4[nH]3)c(=N)c2cc1OC.FC(F)(F)c1ccc(CBr)cc1.O=CO[O-].[H-].[K+].[K+]. The minimum Gasteiger partial charge on any atom is -1.00 e. The van der Waals surface area contributed by atoms with E-state index in [-0.39, 0.29) is 134 Å². The van der Waals surface area contributed by atoms with Crippen LogP contribution in [0.2, 0.25) is 0 Å². The van der Waals surface area contributed by atoms with Crippen molar-refractivity contribution >= 4 is 107 Å². The number of hydrogen-bond donors (Lipinski definition) is 4. The van der Waals surface area contributed by atoms with Gasteiger partial charge in [-0.25, -0.2) is 9.97 Å². The monoisotopic (exact) mass is 1530 g/mol. The molecule has 6 heterocycles. The number of carbonyl (C=O) groups is 3. The number of anilines is 1. The number of aromatic amines is 2. The molecule has 0 saturated heterocycles. The number of carbonyl (C=O) groups excluding carboxylic acids is 3. The number of hydrogen-bond acceptors (Lipinski definition) is 17. The number of ether oxygens (including phenoxy) is 4. The van der Waals surface area contributed by atoms with E-state index in [1.807, 2.05) is 72.9 Å². The van der Waals surface area contributed by atoms with Crippen LogP contribution in [0.1, 0.15) is 70.3 Å². The number of H-pyrrole nitrogens is 2. The van der Waals surface area contributed by atoms with Gasteiger partial charge in [-0.1, -0.05) is 76.2 Å². The Bertz CT molecular complexity index is 4970. The van der Waals surface area contributed by atoms with Crippen LogP contribution in [0.4, 0.5) is 32.2 Å². The number of methoxy groups -OCH3 is 4. The Labute approximate surface area is 678 Å². The van der Waals surface area contributed by atoms with Gasteiger partial charge in [-0.05, 0) is 132 Å². The summed E-state index contributed by atoms with van der Waals surface area (Å²) in [5.74, 6) is 2.80. The number of halogens is 7. The van der Waals surface area contributed by atoms with Crippen molar-refractivity contribution in [1.82, 2.24) is 39.0 Å². The van der Waals surface area contributed by atoms with Gasteiger partial charge >= 0.3 is 115 Å². The van der Waals surface area contributed by atoms with Crippen LogP contribution >= 0.6 is 39.9 Å². The average Bonchev–Trinajstić information content (AvgIpc) is 1.12. The van der Waals surface area contributed by atoms with E-state index in [9.17, 15) is 35.9 Å². The number of Topliss-reactive ketones (excluding diaryl/α,β-unsaturated/α-hetero) is 2. The van der Waals surface area contributed by atoms with Crippen LogP contribution in [0.5, 0.6) is 23.0 Å². The van der Waals surface area contributed by atoms with Gasteiger partial charge in [0.15, 0.2) is 39.7 Å². The Balaban J connectivity index is 0.000000262. The van der Waals surface area contributed by atoms with Gasteiger partial charge in [0.2, 0.25) is 4.77 Å². The Morgan fingerprint density at radius 2 is 1.06 bits per heavy atom. The van der Waals surface area contributed by atoms with Crippen LogP contribution < -0.4 is 138 Å². The molecule has 101 heavy (non-hydrogen) atoms. The van der Waals surface area contributed by atoms with Crippen LogP contribution in [0.25, 0.3) is 65.9 Å². The third kappa shape index (κ3) is 21.0. The molecule has 12 aromatic rings. The van der Waals surface area contributed by atoms with E-state index in [1.54, 1.807) is 66.2 Å². The molecule has 5 N–H and O–H groups in total. The number of nitrogens with one attached hydrogen (secondary N) is 3. The molecule has 0 saturated carbocycles. The fourth-order valence-corrected chi connectivity index (χ4v) is 12.1. The zero-order chi connectivity index (χ0) is 71.0. The Hall–Kier alpha value is -7.15. The Morgan fingerprint density at radius 1 is 0.624 bits per heavy atom. The molecule has 6 aromatic heterocycles. The van der Waals surface area contributed by atoms with Crippen molar-refractivity contribution in [2.24, 2.45) is 0 Å². The predicted molar refractivity (Wildman–Crippen MR) is 370 cm³/mol. The van der Waals surface area contributed by atoms with Crippen molar-refractivity contribution < 1.29 is 174 Å². The van der Waals surface area contributed by atoms with E-state index >= 15 is 0 Å². The van der Waals surface area contributed by atoms with E-state index in [4.69, 9.17) is 57.3 Å². The minimum absolute atomic E-state index is 0. The van der Waals surface area contributed by atoms with E-state index in [1.165, 1.54) is 50.2 Å². The first-order chi connectivity index (χ1) is 47.6. The molecule has 0 spiro atoms. The maximum Gasteiger partial charge on any atom is 1.00 e. The van der Waals surface area contributed by atoms with Crippen LogP contribution in [0, 0.1) is 10.2 Å². The number of alkyl halides is 7. The molecule has 0 fully saturated rings. The number of nitrogen functional groups attached to an aromatic ring is 1. The summed E-state index contributed by atoms with van der Waals surface area (Å²) in [5, 5.41) is 21.7. The third-order valence-electron chi connectivity index (χ3n) is 15.5. The molecule has 0 amide bonds. The first-order valence-electron chi connectivity index (χ1n) is 30.1. The molecule has 0 radical (unpaired) electrons. The van der Waals surface area contributed by atoms with Crippen LogP contribution in [0.15, 0.2) is 176 Å². The van der Waals surface area contributed by atoms with Gasteiger partial charge in [-0.3, -0.25) is 29.8 Å². The molecule has 0 aliphatic carbocycles. The Morgan fingerprint density at radius 3 is 1.49 bits per heavy atom. The molecule has 19 nitrogen and oxygen atoms in total. The molecule has 514 valence electrons. The molecule has 30 heteroatoms. The number of aromatic nitrogens is 8. The topological polar surface area (TPSA) is 263 Å². The molecule has 0 atom stereocenters. The van der Waals surface area contributed by atoms with Crippen molar-refractivity contribution in [3.63, 3.8) is 0 Å². The summed E-state index contributed by atoms with van der Waals surface area (Å²) in [6, 6.07) is 40.5. The average molecular weight is 1540 g/mol. The van der Waals surface area contributed by atoms with Crippen molar-refractivity contribution in [2.75, 3.05) is 34.2 Å². The fourth-order valence-electron chi connectivity index (χ4n) is 10.4. The quantitative estimate of drug-likeness (QED) is 0.00498. The van der Waals surface area contributed by atoms with Gasteiger partial charge in [-0.2, -0.15) is 26.3 Å². The second kappa shape index (κ2) is 37.9. The number of rotatable bonds is 21. The summed E-state index contributed by atoms with van der Waals surface area (Å²) in [4.78, 5) is 61.6. The maximum absolute atomic E-state index is 13.3. The molecule has 0 unspecified atom stereocenters. The number of ketones is 2. The zero-order valence-corrected chi connectivity index (χ0v) is 64.8. The number of benzene rings is 6. The third-order valence-corrected chi connectivity index (χ3v) is 17.5. The number of thioether (sulfide) groups is 1. The molecule has 0 bridgehead atoms. The summed E-state index contributed by atoms with van der Waals surface area (Å²) in [6.07, 6.45) is 0.00127. The van der Waals surface area contributed by atoms with Crippen LogP contribution in [-0.4, -0.2) is 85.5 Å². The van der Waals surface area contributed by atoms with Crippen molar-refractivity contribution in [2.45, 2.75) is 67.4 Å². The van der Waals surface area contributed by atoms with Crippen LogP contribution in [-0.2, 0) is 46.2 Å². The van der Waals surface area contributed by atoms with Gasteiger partial charge in [0, 0.05) is 118 Å². The smallest absolute Gasteiger partial charge is 1.00 e. The summed E-state index contributed by atoms with van der Waals surface area (Å²) < 4.78 is 101. The molecular formula is C71H63BrF6K2N10O9S2. The largest absolute Gasteiger partial charge is 1.00 e. The van der Waals surface area contributed by atoms with Crippen LogP contribution in [0.3, 0.4) is 0 Å². The number of fused-ring (bicyclic) bond motifs is 4. The number of nitrogens with zero attached hydrogens (tertiary/aromatic N) is 6. The van der Waals surface area contributed by atoms with Crippen molar-refractivity contribution in [3.05, 3.63) is 214 Å². The van der Waals surface area contributed by atoms with Crippen molar-refractivity contribution in [1.29, 1.82) is 5.41 Å². The molecule has 0 aliphatic heterocycles. The molecular weight excluding hydrogens is 1470 g/mol. The van der Waals surface area contributed by atoms with Gasteiger partial charge in [0.05, 0.1) is 62.0 Å². The summed E-state index contributed by atoms with van der Waals surface area (Å²) in [5.41, 5.74) is 14.9. The van der Waals surface area contributed by atoms with E-state index in [0.29, 0.717) is 121 Å². The summed E-state index contributed by atoms with van der Waals surface area (Å²) in [7, 11) is 6.16. The first-order valence-corrected chi connectivity index (χ1v) is 32.6. The standard InChI is InChI=1S/C35H30F3N5O3S.C27H25N5O3S.C8H6BrF3.CH2O3.2K.H/c1-45-31-17-26-28(18-32(31)46-2)42-34(47-20-21-7-10-25(11-8-21)35(36,37)38)43(33(26)39)14-4-6-30(44)29-16-24-15-22(9-12-27(24)41-29)23-5-3-13-40-19-23;1-34-24-13-19-21(14-25(24)35-2)31-27(36)32(26(19)28)10-4-6-23(33)22-12-18-11-16(7-8-20(18)30-22)17-5-3-9-29-15-17;9-5-6-1-3-7(4-2-6)8(10,11)12;2-1-4-3;;;/h3,5,7-13,15-19,39,41H,4,6,14,20H2,1-2H3;3,5,7-9,11-15,30H,4,6,10,28H2,1-2H3;1-4H,5H2;1,3H;;;/q;;;;2*+1;-1/p-1. The van der Waals surface area contributed by atoms with Crippen molar-refractivity contribution in [3.8, 4) is 45.3 Å². The normalized spacial score (nSPS) is 11.0. The maximum atomic E-state index is 13.3. The van der Waals surface area contributed by atoms with E-state index in [0.717, 1.165) is 73.9 Å². The Kier molecular flexibility index (Phi) is 30.4. The molecule has 0 aliphatic rings. The van der Waals surface area contributed by atoms with Gasteiger partial charge in [-0.15, -0.1) is 0 Å². The zero-order valence-electron chi connectivity index (χ0n) is 56.3. The fraction of sp³-hybridized carbons (Fsp3) is 0.197. The van der Waals surface area contributed by atoms with E-state index in [2.05, 4.69) is 51.8 Å². The van der Waals surface area contributed by atoms with Gasteiger partial charge < -0.3 is 55.4 Å². The summed E-state index contributed by atoms with van der Waals surface area (Å²) >= 11 is 9.94. The van der Waals surface area contributed by atoms with E-state index < -0.39 is 23.5 Å². The van der Waals surface area contributed by atoms with Gasteiger partial charge in [0.25, 0.3) is 6.47 Å². The second-order valence-electron chi connectivity index (χ2n) is 21.8. The number of pyridine rings is 2.